The lowest BCUT2D eigenvalue weighted by atomic mass is 9.93. The predicted octanol–water partition coefficient (Wildman–Crippen LogP) is 3.00. The lowest BCUT2D eigenvalue weighted by Gasteiger charge is -2.37. The van der Waals surface area contributed by atoms with E-state index in [2.05, 4.69) is 10.3 Å². The van der Waals surface area contributed by atoms with Crippen molar-refractivity contribution in [1.82, 2.24) is 19.9 Å². The van der Waals surface area contributed by atoms with Crippen LogP contribution in [0.2, 0.25) is 0 Å². The minimum Gasteiger partial charge on any atom is -0.481 e. The molecule has 164 valence electrons. The van der Waals surface area contributed by atoms with E-state index >= 15 is 0 Å². The zero-order chi connectivity index (χ0) is 22.0. The summed E-state index contributed by atoms with van der Waals surface area (Å²) in [5, 5.41) is 16.9. The molecule has 1 aromatic carbocycles. The fourth-order valence-corrected chi connectivity index (χ4v) is 4.23. The van der Waals surface area contributed by atoms with E-state index < -0.39 is 12.0 Å². The molecule has 9 heteroatoms. The standard InChI is InChI=1S/C22H25FN4O3S/c23-18-4-2-1-3-17(18)21(22(30)14-5-6-14)26-9-7-19(31)15(12-26)11-16-13-27(25-24-16)10-8-20(28)29/h1-4,11,13-14,19,21,31H,5-10,12H2,(H,28,29). The third-order valence-corrected chi connectivity index (χ3v) is 6.35. The van der Waals surface area contributed by atoms with Crippen molar-refractivity contribution in [3.05, 3.63) is 53.1 Å². The fourth-order valence-electron chi connectivity index (χ4n) is 3.96. The molecule has 2 fully saturated rings. The monoisotopic (exact) mass is 444 g/mol. The van der Waals surface area contributed by atoms with Crippen LogP contribution >= 0.6 is 12.6 Å². The van der Waals surface area contributed by atoms with Gasteiger partial charge in [0.05, 0.1) is 25.2 Å². The summed E-state index contributed by atoms with van der Waals surface area (Å²) in [6.07, 6.45) is 6.01. The minimum absolute atomic E-state index is 0.00211. The van der Waals surface area contributed by atoms with Gasteiger partial charge in [-0.15, -0.1) is 5.10 Å². The molecule has 1 N–H and O–H groups in total. The number of rotatable bonds is 8. The Kier molecular flexibility index (Phi) is 6.52. The highest BCUT2D eigenvalue weighted by Crippen LogP contribution is 2.39. The van der Waals surface area contributed by atoms with Crippen molar-refractivity contribution in [2.45, 2.75) is 43.5 Å². The Morgan fingerprint density at radius 3 is 2.77 bits per heavy atom. The summed E-state index contributed by atoms with van der Waals surface area (Å²) in [6, 6.07) is 5.90. The Labute approximate surface area is 185 Å². The number of carbonyl (C=O) groups is 2. The van der Waals surface area contributed by atoms with E-state index in [1.165, 1.54) is 10.7 Å². The lowest BCUT2D eigenvalue weighted by molar-refractivity contribution is -0.137. The number of hydrogen-bond donors (Lipinski definition) is 2. The third kappa shape index (κ3) is 5.22. The summed E-state index contributed by atoms with van der Waals surface area (Å²) in [5.41, 5.74) is 2.01. The second kappa shape index (κ2) is 9.32. The molecule has 0 spiro atoms. The van der Waals surface area contributed by atoms with Crippen LogP contribution in [0.25, 0.3) is 6.08 Å². The normalized spacial score (nSPS) is 21.9. The first-order chi connectivity index (χ1) is 14.9. The largest absolute Gasteiger partial charge is 0.481 e. The molecule has 31 heavy (non-hydrogen) atoms. The molecule has 7 nitrogen and oxygen atoms in total. The van der Waals surface area contributed by atoms with Gasteiger partial charge in [-0.25, -0.2) is 4.39 Å². The van der Waals surface area contributed by atoms with Gasteiger partial charge in [-0.2, -0.15) is 12.6 Å². The van der Waals surface area contributed by atoms with E-state index in [4.69, 9.17) is 17.7 Å². The number of aromatic nitrogens is 3. The number of likely N-dealkylation sites (tertiary alicyclic amines) is 1. The van der Waals surface area contributed by atoms with E-state index in [9.17, 15) is 14.0 Å². The van der Waals surface area contributed by atoms with Gasteiger partial charge in [0.1, 0.15) is 11.5 Å². The molecule has 0 bridgehead atoms. The van der Waals surface area contributed by atoms with Gasteiger partial charge in [-0.05, 0) is 37.0 Å². The van der Waals surface area contributed by atoms with Crippen molar-refractivity contribution in [2.75, 3.05) is 13.1 Å². The van der Waals surface area contributed by atoms with Crippen LogP contribution in [0.1, 0.15) is 43.0 Å². The highest BCUT2D eigenvalue weighted by atomic mass is 32.1. The van der Waals surface area contributed by atoms with E-state index in [-0.39, 0.29) is 35.7 Å². The first kappa shape index (κ1) is 21.7. The number of carbonyl (C=O) groups excluding carboxylic acids is 1. The maximum atomic E-state index is 14.6. The number of piperidine rings is 1. The Hall–Kier alpha value is -2.52. The molecule has 2 unspecified atom stereocenters. The van der Waals surface area contributed by atoms with E-state index in [0.717, 1.165) is 24.8 Å². The number of aliphatic carboxylic acids is 1. The zero-order valence-electron chi connectivity index (χ0n) is 17.0. The maximum absolute atomic E-state index is 14.6. The summed E-state index contributed by atoms with van der Waals surface area (Å²) >= 11 is 4.70. The molecule has 0 amide bonds. The van der Waals surface area contributed by atoms with Crippen LogP contribution in [0, 0.1) is 11.7 Å². The number of aryl methyl sites for hydroxylation is 1. The van der Waals surface area contributed by atoms with Crippen LogP contribution in [-0.2, 0) is 16.1 Å². The summed E-state index contributed by atoms with van der Waals surface area (Å²) in [6.45, 7) is 1.37. The van der Waals surface area contributed by atoms with Gasteiger partial charge in [-0.1, -0.05) is 23.4 Å². The molecule has 2 aromatic rings. The highest BCUT2D eigenvalue weighted by Gasteiger charge is 2.40. The van der Waals surface area contributed by atoms with E-state index in [0.29, 0.717) is 24.3 Å². The molecule has 2 aliphatic rings. The SMILES string of the molecule is O=C(O)CCn1cc(C=C2CN(C(C(=O)C3CC3)c3ccccc3F)CCC2S)nn1. The number of carboxylic acids is 1. The summed E-state index contributed by atoms with van der Waals surface area (Å²) < 4.78 is 16.1. The first-order valence-electron chi connectivity index (χ1n) is 10.4. The van der Waals surface area contributed by atoms with E-state index in [1.54, 1.807) is 24.4 Å². The third-order valence-electron chi connectivity index (χ3n) is 5.76. The quantitative estimate of drug-likeness (QED) is 0.609. The summed E-state index contributed by atoms with van der Waals surface area (Å²) in [7, 11) is 0. The van der Waals surface area contributed by atoms with Gasteiger partial charge in [0.25, 0.3) is 0 Å². The Morgan fingerprint density at radius 2 is 2.06 bits per heavy atom. The first-order valence-corrected chi connectivity index (χ1v) is 11.0. The van der Waals surface area contributed by atoms with Gasteiger partial charge < -0.3 is 5.11 Å². The second-order valence-electron chi connectivity index (χ2n) is 8.15. The van der Waals surface area contributed by atoms with Crippen LogP contribution in [-0.4, -0.2) is 55.1 Å². The van der Waals surface area contributed by atoms with Gasteiger partial charge >= 0.3 is 5.97 Å². The number of nitrogens with zero attached hydrogens (tertiary/aromatic N) is 4. The lowest BCUT2D eigenvalue weighted by Crippen LogP contribution is -2.42. The molecule has 0 radical (unpaired) electrons. The van der Waals surface area contributed by atoms with Crippen LogP contribution in [0.3, 0.4) is 0 Å². The number of ketones is 1. The second-order valence-corrected chi connectivity index (χ2v) is 8.77. The van der Waals surface area contributed by atoms with Gasteiger partial charge in [-0.3, -0.25) is 19.2 Å². The van der Waals surface area contributed by atoms with Crippen molar-refractivity contribution in [3.63, 3.8) is 0 Å². The molecule has 2 atom stereocenters. The Balaban J connectivity index is 1.56. The number of thiol groups is 1. The molecule has 1 aliphatic carbocycles. The van der Waals surface area contributed by atoms with Crippen molar-refractivity contribution < 1.29 is 19.1 Å². The van der Waals surface area contributed by atoms with Crippen molar-refractivity contribution >= 4 is 30.5 Å². The molecule has 1 aliphatic heterocycles. The van der Waals surface area contributed by atoms with Crippen LogP contribution in [0.4, 0.5) is 4.39 Å². The highest BCUT2D eigenvalue weighted by molar-refractivity contribution is 7.81. The van der Waals surface area contributed by atoms with Crippen molar-refractivity contribution in [3.8, 4) is 0 Å². The minimum atomic E-state index is -0.895. The number of hydrogen-bond acceptors (Lipinski definition) is 6. The zero-order valence-corrected chi connectivity index (χ0v) is 17.9. The average molecular weight is 445 g/mol. The van der Waals surface area contributed by atoms with Crippen molar-refractivity contribution in [2.24, 2.45) is 5.92 Å². The number of carboxylic acid groups (broad SMARTS) is 1. The van der Waals surface area contributed by atoms with Crippen LogP contribution < -0.4 is 0 Å². The van der Waals surface area contributed by atoms with E-state index in [1.807, 2.05) is 11.0 Å². The van der Waals surface area contributed by atoms with Crippen LogP contribution in [0.5, 0.6) is 0 Å². The molecular formula is C22H25FN4O3S. The molecule has 1 aromatic heterocycles. The van der Waals surface area contributed by atoms with Gasteiger partial charge in [0.15, 0.2) is 5.78 Å². The topological polar surface area (TPSA) is 88.3 Å². The molecular weight excluding hydrogens is 419 g/mol. The van der Waals surface area contributed by atoms with Gasteiger partial charge in [0, 0.05) is 29.8 Å². The Bertz CT molecular complexity index is 1000. The molecule has 4 rings (SSSR count). The fraction of sp³-hybridized carbons (Fsp3) is 0.455. The molecule has 1 saturated carbocycles. The number of Topliss-reactive ketones (excluding diaryl/α,β-unsaturated/α-hetero) is 1. The average Bonchev–Trinajstić information content (AvgIpc) is 3.50. The van der Waals surface area contributed by atoms with Crippen molar-refractivity contribution in [1.29, 1.82) is 0 Å². The smallest absolute Gasteiger partial charge is 0.305 e. The molecule has 1 saturated heterocycles. The molecule has 2 heterocycles. The number of benzene rings is 1. The maximum Gasteiger partial charge on any atom is 0.305 e. The van der Waals surface area contributed by atoms with Gasteiger partial charge in [0.2, 0.25) is 0 Å². The van der Waals surface area contributed by atoms with Crippen LogP contribution in [0.15, 0.2) is 36.0 Å². The Morgan fingerprint density at radius 1 is 1.29 bits per heavy atom. The number of halogens is 1. The predicted molar refractivity (Wildman–Crippen MR) is 116 cm³/mol. The summed E-state index contributed by atoms with van der Waals surface area (Å²) in [4.78, 5) is 25.9. The summed E-state index contributed by atoms with van der Waals surface area (Å²) in [5.74, 6) is -1.16.